The molecule has 2 aromatic carbocycles. The van der Waals surface area contributed by atoms with Crippen LogP contribution in [0, 0.1) is 0 Å². The third-order valence-electron chi connectivity index (χ3n) is 4.96. The Labute approximate surface area is 169 Å². The minimum atomic E-state index is -3.65. The van der Waals surface area contributed by atoms with Crippen LogP contribution in [-0.2, 0) is 10.0 Å². The molecule has 0 bridgehead atoms. The topological polar surface area (TPSA) is 62.7 Å². The fourth-order valence-electron chi connectivity index (χ4n) is 3.54. The molecule has 6 nitrogen and oxygen atoms in total. The van der Waals surface area contributed by atoms with E-state index in [1.165, 1.54) is 4.31 Å². The number of hydrogen-bond donors (Lipinski definition) is 0. The van der Waals surface area contributed by atoms with Crippen molar-refractivity contribution in [1.82, 2.24) is 9.29 Å². The Hall–Kier alpha value is -2.35. The van der Waals surface area contributed by atoms with Crippen molar-refractivity contribution in [2.45, 2.75) is 4.90 Å². The van der Waals surface area contributed by atoms with Gasteiger partial charge < -0.3 is 9.64 Å². The SMILES string of the molecule is COc1ccccc1N1CCN(S(=O)(=O)c2ccc(Cl)c3ncccc23)CC1. The van der Waals surface area contributed by atoms with E-state index >= 15 is 0 Å². The largest absolute Gasteiger partial charge is 0.495 e. The van der Waals surface area contributed by atoms with Crippen LogP contribution in [0.2, 0.25) is 5.02 Å². The van der Waals surface area contributed by atoms with Crippen LogP contribution < -0.4 is 9.64 Å². The first-order valence-electron chi connectivity index (χ1n) is 8.94. The first kappa shape index (κ1) is 19.0. The maximum absolute atomic E-state index is 13.3. The number of pyridine rings is 1. The average molecular weight is 418 g/mol. The predicted molar refractivity (Wildman–Crippen MR) is 111 cm³/mol. The number of rotatable bonds is 4. The van der Waals surface area contributed by atoms with Crippen molar-refractivity contribution in [3.8, 4) is 5.75 Å². The molecule has 0 saturated carbocycles. The summed E-state index contributed by atoms with van der Waals surface area (Å²) in [4.78, 5) is 6.62. The quantitative estimate of drug-likeness (QED) is 0.651. The highest BCUT2D eigenvalue weighted by atomic mass is 35.5. The first-order valence-corrected chi connectivity index (χ1v) is 10.8. The van der Waals surface area contributed by atoms with Crippen LogP contribution in [0.1, 0.15) is 0 Å². The Morgan fingerprint density at radius 3 is 2.50 bits per heavy atom. The van der Waals surface area contributed by atoms with E-state index in [1.54, 1.807) is 37.6 Å². The molecule has 0 unspecified atom stereocenters. The number of anilines is 1. The molecule has 1 aliphatic heterocycles. The number of piperazine rings is 1. The molecule has 8 heteroatoms. The molecule has 1 aromatic heterocycles. The smallest absolute Gasteiger partial charge is 0.243 e. The summed E-state index contributed by atoms with van der Waals surface area (Å²) in [6.45, 7) is 1.96. The maximum Gasteiger partial charge on any atom is 0.243 e. The van der Waals surface area contributed by atoms with Crippen molar-refractivity contribution in [2.75, 3.05) is 38.2 Å². The Balaban J connectivity index is 1.61. The molecule has 3 aromatic rings. The minimum Gasteiger partial charge on any atom is -0.495 e. The van der Waals surface area contributed by atoms with Gasteiger partial charge in [0.05, 0.1) is 28.2 Å². The number of sulfonamides is 1. The van der Waals surface area contributed by atoms with E-state index in [2.05, 4.69) is 9.88 Å². The highest BCUT2D eigenvalue weighted by molar-refractivity contribution is 7.89. The average Bonchev–Trinajstić information content (AvgIpc) is 2.74. The van der Waals surface area contributed by atoms with Gasteiger partial charge in [-0.25, -0.2) is 8.42 Å². The maximum atomic E-state index is 13.3. The first-order chi connectivity index (χ1) is 13.5. The van der Waals surface area contributed by atoms with E-state index in [4.69, 9.17) is 16.3 Å². The van der Waals surface area contributed by atoms with Crippen LogP contribution in [0.15, 0.2) is 59.6 Å². The lowest BCUT2D eigenvalue weighted by molar-refractivity contribution is 0.378. The molecule has 146 valence electrons. The van der Waals surface area contributed by atoms with Crippen LogP contribution in [0.5, 0.6) is 5.75 Å². The van der Waals surface area contributed by atoms with E-state index in [-0.39, 0.29) is 4.90 Å². The molecule has 0 radical (unpaired) electrons. The van der Waals surface area contributed by atoms with Gasteiger partial charge >= 0.3 is 0 Å². The molecule has 0 atom stereocenters. The zero-order valence-corrected chi connectivity index (χ0v) is 16.9. The third kappa shape index (κ3) is 3.30. The van der Waals surface area contributed by atoms with Crippen molar-refractivity contribution in [1.29, 1.82) is 0 Å². The van der Waals surface area contributed by atoms with E-state index in [1.807, 2.05) is 24.3 Å². The lowest BCUT2D eigenvalue weighted by Gasteiger charge is -2.36. The Kier molecular flexibility index (Phi) is 5.14. The lowest BCUT2D eigenvalue weighted by Crippen LogP contribution is -2.48. The summed E-state index contributed by atoms with van der Waals surface area (Å²) in [5.74, 6) is 0.786. The molecule has 1 aliphatic rings. The molecule has 1 fully saturated rings. The summed E-state index contributed by atoms with van der Waals surface area (Å²) in [5, 5.41) is 0.984. The van der Waals surface area contributed by atoms with Crippen LogP contribution >= 0.6 is 11.6 Å². The summed E-state index contributed by atoms with van der Waals surface area (Å²) in [7, 11) is -2.01. The number of para-hydroxylation sites is 2. The Bertz CT molecular complexity index is 1110. The van der Waals surface area contributed by atoms with Gasteiger partial charge in [0, 0.05) is 37.8 Å². The van der Waals surface area contributed by atoms with Crippen molar-refractivity contribution in [3.63, 3.8) is 0 Å². The standard InChI is InChI=1S/C20H20ClN3O3S/c1-27-18-7-3-2-6-17(18)23-11-13-24(14-12-23)28(25,26)19-9-8-16(21)20-15(19)5-4-10-22-20/h2-10H,11-14H2,1H3. The van der Waals surface area contributed by atoms with Crippen LogP contribution in [0.25, 0.3) is 10.9 Å². The molecule has 0 N–H and O–H groups in total. The molecule has 0 aliphatic carbocycles. The van der Waals surface area contributed by atoms with Gasteiger partial charge in [-0.3, -0.25) is 4.98 Å². The van der Waals surface area contributed by atoms with Gasteiger partial charge in [0.25, 0.3) is 0 Å². The monoisotopic (exact) mass is 417 g/mol. The van der Waals surface area contributed by atoms with Crippen molar-refractivity contribution >= 4 is 38.2 Å². The van der Waals surface area contributed by atoms with Gasteiger partial charge in [-0.2, -0.15) is 4.31 Å². The number of ether oxygens (including phenoxy) is 1. The second-order valence-corrected chi connectivity index (χ2v) is 8.82. The summed E-state index contributed by atoms with van der Waals surface area (Å²) < 4.78 is 33.5. The summed E-state index contributed by atoms with van der Waals surface area (Å²) in [6, 6.07) is 14.4. The summed E-state index contributed by atoms with van der Waals surface area (Å²) in [5.41, 5.74) is 1.47. The molecule has 0 amide bonds. The number of hydrogen-bond acceptors (Lipinski definition) is 5. The molecule has 1 saturated heterocycles. The molecular formula is C20H20ClN3O3S. The number of methoxy groups -OCH3 is 1. The normalized spacial score (nSPS) is 15.7. The number of benzene rings is 2. The number of halogens is 1. The number of nitrogens with zero attached hydrogens (tertiary/aromatic N) is 3. The minimum absolute atomic E-state index is 0.241. The predicted octanol–water partition coefficient (Wildman–Crippen LogP) is 3.41. The Morgan fingerprint density at radius 1 is 1.00 bits per heavy atom. The number of aromatic nitrogens is 1. The van der Waals surface area contributed by atoms with E-state index in [9.17, 15) is 8.42 Å². The fraction of sp³-hybridized carbons (Fsp3) is 0.250. The molecule has 0 spiro atoms. The molecule has 28 heavy (non-hydrogen) atoms. The molecular weight excluding hydrogens is 398 g/mol. The summed E-state index contributed by atoms with van der Waals surface area (Å²) in [6.07, 6.45) is 1.61. The van der Waals surface area contributed by atoms with Gasteiger partial charge in [0.1, 0.15) is 5.75 Å². The van der Waals surface area contributed by atoms with Crippen molar-refractivity contribution in [3.05, 3.63) is 59.8 Å². The fourth-order valence-corrected chi connectivity index (χ4v) is 5.35. The third-order valence-corrected chi connectivity index (χ3v) is 7.22. The Morgan fingerprint density at radius 2 is 1.75 bits per heavy atom. The van der Waals surface area contributed by atoms with Crippen LogP contribution in [0.4, 0.5) is 5.69 Å². The van der Waals surface area contributed by atoms with Gasteiger partial charge in [0.15, 0.2) is 0 Å². The zero-order chi connectivity index (χ0) is 19.7. The zero-order valence-electron chi connectivity index (χ0n) is 15.4. The van der Waals surface area contributed by atoms with Gasteiger partial charge in [-0.15, -0.1) is 0 Å². The van der Waals surface area contributed by atoms with Gasteiger partial charge in [0.2, 0.25) is 10.0 Å². The highest BCUT2D eigenvalue weighted by Gasteiger charge is 2.30. The molecule has 2 heterocycles. The van der Waals surface area contributed by atoms with Gasteiger partial charge in [-0.1, -0.05) is 23.7 Å². The van der Waals surface area contributed by atoms with E-state index < -0.39 is 10.0 Å². The molecule has 4 rings (SSSR count). The van der Waals surface area contributed by atoms with Crippen molar-refractivity contribution < 1.29 is 13.2 Å². The van der Waals surface area contributed by atoms with Crippen LogP contribution in [0.3, 0.4) is 0 Å². The van der Waals surface area contributed by atoms with Crippen molar-refractivity contribution in [2.24, 2.45) is 0 Å². The van der Waals surface area contributed by atoms with E-state index in [0.717, 1.165) is 11.4 Å². The summed E-state index contributed by atoms with van der Waals surface area (Å²) >= 11 is 6.19. The van der Waals surface area contributed by atoms with Gasteiger partial charge in [-0.05, 0) is 36.4 Å². The second-order valence-electron chi connectivity index (χ2n) is 6.51. The highest BCUT2D eigenvalue weighted by Crippen LogP contribution is 2.32. The van der Waals surface area contributed by atoms with Crippen LogP contribution in [-0.4, -0.2) is 51.0 Å². The number of fused-ring (bicyclic) bond motifs is 1. The lowest BCUT2D eigenvalue weighted by atomic mass is 10.2. The second kappa shape index (κ2) is 7.58. The van der Waals surface area contributed by atoms with E-state index in [0.29, 0.717) is 42.1 Å².